The van der Waals surface area contributed by atoms with Crippen molar-refractivity contribution in [1.29, 1.82) is 0 Å². The van der Waals surface area contributed by atoms with E-state index in [1.807, 2.05) is 6.92 Å². The monoisotopic (exact) mass is 370 g/mol. The molecule has 1 aromatic rings. The van der Waals surface area contributed by atoms with Gasteiger partial charge in [0.05, 0.1) is 6.10 Å². The van der Waals surface area contributed by atoms with Crippen molar-refractivity contribution in [3.05, 3.63) is 34.9 Å². The van der Waals surface area contributed by atoms with Gasteiger partial charge in [0.1, 0.15) is 0 Å². The number of rotatable bonds is 1. The van der Waals surface area contributed by atoms with Gasteiger partial charge in [0, 0.05) is 31.1 Å². The molecule has 2 saturated heterocycles. The fraction of sp³-hybridized carbons (Fsp3) is 0.696. The van der Waals surface area contributed by atoms with E-state index in [1.165, 1.54) is 17.5 Å². The zero-order valence-corrected chi connectivity index (χ0v) is 17.3. The molecule has 2 amide bonds. The van der Waals surface area contributed by atoms with Gasteiger partial charge < -0.3 is 14.9 Å². The lowest BCUT2D eigenvalue weighted by atomic mass is 9.51. The molecule has 3 aliphatic rings. The highest BCUT2D eigenvalue weighted by Crippen LogP contribution is 2.56. The number of urea groups is 1. The van der Waals surface area contributed by atoms with Crippen molar-refractivity contribution in [3.63, 3.8) is 0 Å². The molecule has 3 atom stereocenters. The Balaban J connectivity index is 1.70. The number of aliphatic hydroxyl groups is 1. The molecule has 148 valence electrons. The third kappa shape index (κ3) is 2.79. The van der Waals surface area contributed by atoms with Gasteiger partial charge in [-0.1, -0.05) is 39.0 Å². The normalized spacial score (nSPS) is 30.6. The van der Waals surface area contributed by atoms with E-state index in [0.29, 0.717) is 0 Å². The second-order valence-electron chi connectivity index (χ2n) is 9.64. The highest BCUT2D eigenvalue weighted by molar-refractivity contribution is 5.75. The van der Waals surface area contributed by atoms with Crippen molar-refractivity contribution in [3.8, 4) is 0 Å². The number of amides is 2. The Kier molecular flexibility index (Phi) is 4.53. The molecule has 1 N–H and O–H groups in total. The van der Waals surface area contributed by atoms with Gasteiger partial charge in [0.2, 0.25) is 0 Å². The number of hydrogen-bond acceptors (Lipinski definition) is 2. The summed E-state index contributed by atoms with van der Waals surface area (Å²) < 4.78 is 0. The Bertz CT molecular complexity index is 736. The number of hydrogen-bond donors (Lipinski definition) is 1. The van der Waals surface area contributed by atoms with E-state index in [4.69, 9.17) is 0 Å². The highest BCUT2D eigenvalue weighted by Gasteiger charge is 2.57. The van der Waals surface area contributed by atoms with Gasteiger partial charge in [-0.2, -0.15) is 0 Å². The lowest BCUT2D eigenvalue weighted by Crippen LogP contribution is -2.66. The first-order chi connectivity index (χ1) is 12.8. The quantitative estimate of drug-likeness (QED) is 0.803. The minimum Gasteiger partial charge on any atom is -0.389 e. The minimum atomic E-state index is -0.444. The Morgan fingerprint density at radius 1 is 1.15 bits per heavy atom. The molecule has 2 aliphatic heterocycles. The smallest absolute Gasteiger partial charge is 0.320 e. The molecule has 0 saturated carbocycles. The summed E-state index contributed by atoms with van der Waals surface area (Å²) in [7, 11) is 0. The molecule has 0 aromatic heterocycles. The Morgan fingerprint density at radius 3 is 2.52 bits per heavy atom. The highest BCUT2D eigenvalue weighted by atomic mass is 16.3. The van der Waals surface area contributed by atoms with Crippen molar-refractivity contribution in [2.24, 2.45) is 5.41 Å². The van der Waals surface area contributed by atoms with Gasteiger partial charge in [-0.25, -0.2) is 4.79 Å². The van der Waals surface area contributed by atoms with Crippen LogP contribution in [0.25, 0.3) is 0 Å². The average molecular weight is 371 g/mol. The maximum Gasteiger partial charge on any atom is 0.320 e. The number of fused-ring (bicyclic) bond motifs is 4. The Morgan fingerprint density at radius 2 is 1.85 bits per heavy atom. The number of piperidine rings is 2. The number of benzene rings is 1. The van der Waals surface area contributed by atoms with Crippen LogP contribution in [0, 0.1) is 5.41 Å². The van der Waals surface area contributed by atoms with Gasteiger partial charge in [-0.05, 0) is 61.1 Å². The molecule has 4 nitrogen and oxygen atoms in total. The van der Waals surface area contributed by atoms with Crippen LogP contribution < -0.4 is 0 Å². The molecule has 0 radical (unpaired) electrons. The zero-order chi connectivity index (χ0) is 19.4. The second kappa shape index (κ2) is 6.51. The van der Waals surface area contributed by atoms with Crippen LogP contribution in [0.3, 0.4) is 0 Å². The summed E-state index contributed by atoms with van der Waals surface area (Å²) >= 11 is 0. The van der Waals surface area contributed by atoms with Crippen molar-refractivity contribution < 1.29 is 9.90 Å². The van der Waals surface area contributed by atoms with E-state index < -0.39 is 6.10 Å². The largest absolute Gasteiger partial charge is 0.389 e. The van der Waals surface area contributed by atoms with Crippen LogP contribution in [-0.2, 0) is 11.8 Å². The first-order valence-electron chi connectivity index (χ1n) is 10.6. The van der Waals surface area contributed by atoms with Gasteiger partial charge in [0.15, 0.2) is 0 Å². The predicted molar refractivity (Wildman–Crippen MR) is 108 cm³/mol. The maximum atomic E-state index is 13.3. The van der Waals surface area contributed by atoms with Crippen molar-refractivity contribution in [2.75, 3.05) is 19.6 Å². The van der Waals surface area contributed by atoms with Crippen molar-refractivity contribution >= 4 is 6.03 Å². The van der Waals surface area contributed by atoms with E-state index in [0.717, 1.165) is 50.9 Å². The van der Waals surface area contributed by atoms with Crippen LogP contribution in [0.15, 0.2) is 18.2 Å². The fourth-order valence-electron chi connectivity index (χ4n) is 5.68. The first kappa shape index (κ1) is 18.8. The topological polar surface area (TPSA) is 43.8 Å². The third-order valence-corrected chi connectivity index (χ3v) is 7.98. The summed E-state index contributed by atoms with van der Waals surface area (Å²) in [6.07, 6.45) is 4.97. The SMILES string of the molecule is CC(O)c1ccc2c(c1)[C@]1(C)CCN(C(=O)N3CCCCC3)[C@H](C2)C1(C)C. The second-order valence-corrected chi connectivity index (χ2v) is 9.64. The van der Waals surface area contributed by atoms with Gasteiger partial charge in [-0.3, -0.25) is 0 Å². The summed E-state index contributed by atoms with van der Waals surface area (Å²) in [6.45, 7) is 11.5. The molecule has 2 heterocycles. The molecular formula is C23H34N2O2. The van der Waals surface area contributed by atoms with E-state index in [1.54, 1.807) is 0 Å². The summed E-state index contributed by atoms with van der Waals surface area (Å²) in [5.41, 5.74) is 3.75. The number of carbonyl (C=O) groups is 1. The molecule has 1 aliphatic carbocycles. The molecule has 2 bridgehead atoms. The van der Waals surface area contributed by atoms with Crippen LogP contribution in [-0.4, -0.2) is 46.6 Å². The number of carbonyl (C=O) groups excluding carboxylic acids is 1. The molecule has 27 heavy (non-hydrogen) atoms. The Labute approximate surface area is 163 Å². The van der Waals surface area contributed by atoms with Crippen LogP contribution in [0.4, 0.5) is 4.79 Å². The summed E-state index contributed by atoms with van der Waals surface area (Å²) in [6, 6.07) is 6.94. The molecular weight excluding hydrogens is 336 g/mol. The summed E-state index contributed by atoms with van der Waals surface area (Å²) in [4.78, 5) is 17.6. The maximum absolute atomic E-state index is 13.3. The number of aliphatic hydroxyl groups excluding tert-OH is 1. The molecule has 1 aromatic carbocycles. The molecule has 2 fully saturated rings. The lowest BCUT2D eigenvalue weighted by Gasteiger charge is -2.61. The molecule has 0 spiro atoms. The van der Waals surface area contributed by atoms with Crippen LogP contribution >= 0.6 is 0 Å². The van der Waals surface area contributed by atoms with Crippen molar-refractivity contribution in [2.45, 2.75) is 77.4 Å². The van der Waals surface area contributed by atoms with Crippen LogP contribution in [0.5, 0.6) is 0 Å². The van der Waals surface area contributed by atoms with Crippen molar-refractivity contribution in [1.82, 2.24) is 9.80 Å². The number of nitrogens with zero attached hydrogens (tertiary/aromatic N) is 2. The van der Waals surface area contributed by atoms with Gasteiger partial charge in [-0.15, -0.1) is 0 Å². The van der Waals surface area contributed by atoms with Gasteiger partial charge in [0.25, 0.3) is 0 Å². The van der Waals surface area contributed by atoms with E-state index >= 15 is 0 Å². The van der Waals surface area contributed by atoms with E-state index in [9.17, 15) is 9.90 Å². The van der Waals surface area contributed by atoms with E-state index in [2.05, 4.69) is 48.8 Å². The molecule has 4 rings (SSSR count). The summed E-state index contributed by atoms with van der Waals surface area (Å²) in [5, 5.41) is 10.1. The third-order valence-electron chi connectivity index (χ3n) is 7.98. The molecule has 4 heteroatoms. The average Bonchev–Trinajstić information content (AvgIpc) is 2.64. The predicted octanol–water partition coefficient (Wildman–Crippen LogP) is 4.26. The van der Waals surface area contributed by atoms with Gasteiger partial charge >= 0.3 is 6.03 Å². The van der Waals surface area contributed by atoms with Crippen LogP contribution in [0.1, 0.15) is 76.2 Å². The first-order valence-corrected chi connectivity index (χ1v) is 10.6. The van der Waals surface area contributed by atoms with Crippen LogP contribution in [0.2, 0.25) is 0 Å². The number of likely N-dealkylation sites (tertiary alicyclic amines) is 2. The fourth-order valence-corrected chi connectivity index (χ4v) is 5.68. The minimum absolute atomic E-state index is 0.00101. The van der Waals surface area contributed by atoms with E-state index in [-0.39, 0.29) is 22.9 Å². The standard InChI is InChI=1S/C23H34N2O2/c1-16(26)17-8-9-18-15-20-22(2,3)23(4,19(18)14-17)10-13-25(20)21(27)24-11-6-5-7-12-24/h8-9,14,16,20,26H,5-7,10-13,15H2,1-4H3/t16?,20-,23+/m1/s1. The Hall–Kier alpha value is -1.55. The molecule has 1 unspecified atom stereocenters. The lowest BCUT2D eigenvalue weighted by molar-refractivity contribution is -0.0243. The summed E-state index contributed by atoms with van der Waals surface area (Å²) in [5.74, 6) is 0. The zero-order valence-electron chi connectivity index (χ0n) is 17.3.